The van der Waals surface area contributed by atoms with E-state index in [9.17, 15) is 14.4 Å². The number of nitrogens with zero attached hydrogens (tertiary/aromatic N) is 1. The molecule has 8 nitrogen and oxygen atoms in total. The first-order valence-electron chi connectivity index (χ1n) is 8.28. The van der Waals surface area contributed by atoms with Crippen LogP contribution in [0.1, 0.15) is 10.4 Å². The highest BCUT2D eigenvalue weighted by Gasteiger charge is 2.17. The number of ketones is 1. The highest BCUT2D eigenvalue weighted by molar-refractivity contribution is 5.98. The molecule has 8 heteroatoms. The minimum absolute atomic E-state index is 0.343. The molecule has 1 aliphatic heterocycles. The largest absolute Gasteiger partial charge is 0.486 e. The Morgan fingerprint density at radius 2 is 1.81 bits per heavy atom. The summed E-state index contributed by atoms with van der Waals surface area (Å²) in [4.78, 5) is 36.2. The molecule has 0 saturated carbocycles. The third kappa shape index (κ3) is 3.41. The Balaban J connectivity index is 1.41. The Hall–Kier alpha value is -3.55. The van der Waals surface area contributed by atoms with Crippen molar-refractivity contribution in [3.8, 4) is 11.5 Å². The van der Waals surface area contributed by atoms with Crippen LogP contribution < -0.4 is 15.2 Å². The van der Waals surface area contributed by atoms with Crippen LogP contribution in [-0.2, 0) is 16.1 Å². The minimum atomic E-state index is -0.713. The summed E-state index contributed by atoms with van der Waals surface area (Å²) in [5, 5.41) is 0. The molecule has 0 bridgehead atoms. The average molecular weight is 369 g/mol. The second-order valence-electron chi connectivity index (χ2n) is 5.86. The van der Waals surface area contributed by atoms with Crippen molar-refractivity contribution in [2.24, 2.45) is 0 Å². The van der Waals surface area contributed by atoms with E-state index < -0.39 is 18.3 Å². The normalized spacial score (nSPS) is 12.7. The van der Waals surface area contributed by atoms with Crippen LogP contribution >= 0.6 is 0 Å². The number of esters is 1. The quantitative estimate of drug-likeness (QED) is 0.500. The molecule has 0 saturated heterocycles. The maximum atomic E-state index is 12.3. The summed E-state index contributed by atoms with van der Waals surface area (Å²) in [6.07, 6.45) is 0. The first kappa shape index (κ1) is 16.9. The standard InChI is InChI=1S/C19H15NO7/c21-14(12-5-6-16-17(9-12)25-8-7-24-16)11-26-18(22)10-20-13-3-1-2-4-15(13)27-19(20)23/h1-6,9H,7-8,10-11H2. The molecular formula is C19H15NO7. The fraction of sp³-hybridized carbons (Fsp3) is 0.211. The van der Waals surface area contributed by atoms with Crippen LogP contribution in [0, 0.1) is 0 Å². The predicted molar refractivity (Wildman–Crippen MR) is 93.2 cm³/mol. The highest BCUT2D eigenvalue weighted by atomic mass is 16.6. The van der Waals surface area contributed by atoms with Gasteiger partial charge in [0.25, 0.3) is 0 Å². The summed E-state index contributed by atoms with van der Waals surface area (Å²) in [6.45, 7) is 0.0836. The molecule has 2 aromatic carbocycles. The van der Waals surface area contributed by atoms with Gasteiger partial charge in [0.05, 0.1) is 5.52 Å². The predicted octanol–water partition coefficient (Wildman–Crippen LogP) is 1.79. The van der Waals surface area contributed by atoms with Crippen molar-refractivity contribution in [2.75, 3.05) is 19.8 Å². The first-order chi connectivity index (χ1) is 13.1. The summed E-state index contributed by atoms with van der Waals surface area (Å²) in [5.74, 6) is -0.707. The van der Waals surface area contributed by atoms with E-state index in [1.165, 1.54) is 0 Å². The fourth-order valence-electron chi connectivity index (χ4n) is 2.78. The summed E-state index contributed by atoms with van der Waals surface area (Å²) in [6, 6.07) is 11.5. The molecule has 1 aromatic heterocycles. The van der Waals surface area contributed by atoms with Crippen molar-refractivity contribution in [2.45, 2.75) is 6.54 Å². The van der Waals surface area contributed by atoms with Gasteiger partial charge in [-0.3, -0.25) is 14.2 Å². The number of fused-ring (bicyclic) bond motifs is 2. The molecule has 4 rings (SSSR count). The van der Waals surface area contributed by atoms with Gasteiger partial charge in [0.15, 0.2) is 29.5 Å². The molecule has 2 heterocycles. The van der Waals surface area contributed by atoms with Crippen molar-refractivity contribution < 1.29 is 28.2 Å². The van der Waals surface area contributed by atoms with E-state index in [0.717, 1.165) is 4.57 Å². The maximum absolute atomic E-state index is 12.3. The Morgan fingerprint density at radius 1 is 1.04 bits per heavy atom. The summed E-state index contributed by atoms with van der Waals surface area (Å²) in [5.41, 5.74) is 1.21. The van der Waals surface area contributed by atoms with E-state index in [2.05, 4.69) is 0 Å². The Labute approximate surface area is 152 Å². The lowest BCUT2D eigenvalue weighted by atomic mass is 10.1. The zero-order valence-corrected chi connectivity index (χ0v) is 14.2. The van der Waals surface area contributed by atoms with Gasteiger partial charge in [-0.15, -0.1) is 0 Å². The van der Waals surface area contributed by atoms with E-state index >= 15 is 0 Å². The Kier molecular flexibility index (Phi) is 4.37. The summed E-state index contributed by atoms with van der Waals surface area (Å²) in [7, 11) is 0. The van der Waals surface area contributed by atoms with Crippen LogP contribution in [0.15, 0.2) is 51.7 Å². The summed E-state index contributed by atoms with van der Waals surface area (Å²) >= 11 is 0. The van der Waals surface area contributed by atoms with Crippen LogP contribution in [0.5, 0.6) is 11.5 Å². The minimum Gasteiger partial charge on any atom is -0.486 e. The van der Waals surface area contributed by atoms with Gasteiger partial charge in [-0.1, -0.05) is 12.1 Å². The third-order valence-electron chi connectivity index (χ3n) is 4.09. The zero-order chi connectivity index (χ0) is 18.8. The number of hydrogen-bond acceptors (Lipinski definition) is 7. The third-order valence-corrected chi connectivity index (χ3v) is 4.09. The molecule has 0 radical (unpaired) electrons. The lowest BCUT2D eigenvalue weighted by molar-refractivity contribution is -0.143. The van der Waals surface area contributed by atoms with Crippen LogP contribution in [0.3, 0.4) is 0 Å². The van der Waals surface area contributed by atoms with Crippen molar-refractivity contribution >= 4 is 22.9 Å². The van der Waals surface area contributed by atoms with Gasteiger partial charge in [-0.2, -0.15) is 0 Å². The van der Waals surface area contributed by atoms with Crippen LogP contribution in [0.4, 0.5) is 0 Å². The lowest BCUT2D eigenvalue weighted by Gasteiger charge is -2.18. The fourth-order valence-corrected chi connectivity index (χ4v) is 2.78. The molecule has 0 amide bonds. The smallest absolute Gasteiger partial charge is 0.420 e. The highest BCUT2D eigenvalue weighted by Crippen LogP contribution is 2.30. The van der Waals surface area contributed by atoms with Gasteiger partial charge in [-0.05, 0) is 30.3 Å². The number of rotatable bonds is 5. The number of carbonyl (C=O) groups is 2. The van der Waals surface area contributed by atoms with Crippen molar-refractivity contribution in [3.63, 3.8) is 0 Å². The molecule has 0 atom stereocenters. The van der Waals surface area contributed by atoms with Gasteiger partial charge in [0.2, 0.25) is 0 Å². The SMILES string of the molecule is O=C(Cn1c(=O)oc2ccccc21)OCC(=O)c1ccc2c(c1)OCCO2. The number of hydrogen-bond donors (Lipinski definition) is 0. The van der Waals surface area contributed by atoms with Gasteiger partial charge < -0.3 is 18.6 Å². The summed E-state index contributed by atoms with van der Waals surface area (Å²) < 4.78 is 22.1. The van der Waals surface area contributed by atoms with E-state index in [0.29, 0.717) is 41.4 Å². The average Bonchev–Trinajstić information content (AvgIpc) is 3.01. The lowest BCUT2D eigenvalue weighted by Crippen LogP contribution is -2.23. The molecule has 3 aromatic rings. The Morgan fingerprint density at radius 3 is 2.67 bits per heavy atom. The zero-order valence-electron chi connectivity index (χ0n) is 14.2. The maximum Gasteiger partial charge on any atom is 0.420 e. The number of aromatic nitrogens is 1. The number of para-hydroxylation sites is 2. The second kappa shape index (κ2) is 6.99. The topological polar surface area (TPSA) is 97.0 Å². The number of Topliss-reactive ketones (excluding diaryl/α,β-unsaturated/α-hetero) is 1. The molecule has 138 valence electrons. The van der Waals surface area contributed by atoms with Crippen molar-refractivity contribution in [1.29, 1.82) is 0 Å². The molecule has 0 fully saturated rings. The molecule has 0 N–H and O–H groups in total. The molecule has 1 aliphatic rings. The molecule has 0 aliphatic carbocycles. The van der Waals surface area contributed by atoms with Gasteiger partial charge in [0.1, 0.15) is 19.8 Å². The number of benzene rings is 2. The van der Waals surface area contributed by atoms with E-state index in [1.807, 2.05) is 0 Å². The Bertz CT molecular complexity index is 1080. The molecule has 0 spiro atoms. The van der Waals surface area contributed by atoms with Crippen LogP contribution in [-0.4, -0.2) is 36.1 Å². The van der Waals surface area contributed by atoms with Gasteiger partial charge in [0, 0.05) is 5.56 Å². The number of oxazole rings is 1. The van der Waals surface area contributed by atoms with Crippen molar-refractivity contribution in [3.05, 3.63) is 58.6 Å². The molecule has 0 unspecified atom stereocenters. The van der Waals surface area contributed by atoms with Crippen LogP contribution in [0.2, 0.25) is 0 Å². The number of ether oxygens (including phenoxy) is 3. The van der Waals surface area contributed by atoms with E-state index in [1.54, 1.807) is 42.5 Å². The monoisotopic (exact) mass is 369 g/mol. The van der Waals surface area contributed by atoms with Gasteiger partial charge in [-0.25, -0.2) is 4.79 Å². The van der Waals surface area contributed by atoms with E-state index in [4.69, 9.17) is 18.6 Å². The van der Waals surface area contributed by atoms with E-state index in [-0.39, 0.29) is 12.3 Å². The van der Waals surface area contributed by atoms with Crippen LogP contribution in [0.25, 0.3) is 11.1 Å². The van der Waals surface area contributed by atoms with Gasteiger partial charge >= 0.3 is 11.7 Å². The molecule has 27 heavy (non-hydrogen) atoms. The first-order valence-corrected chi connectivity index (χ1v) is 8.28. The second-order valence-corrected chi connectivity index (χ2v) is 5.86. The van der Waals surface area contributed by atoms with Crippen molar-refractivity contribution in [1.82, 2.24) is 4.57 Å². The number of carbonyl (C=O) groups excluding carboxylic acids is 2. The molecular weight excluding hydrogens is 354 g/mol.